The van der Waals surface area contributed by atoms with Crippen molar-refractivity contribution in [2.45, 2.75) is 38.8 Å². The number of carbonyl (C=O) groups is 1. The molecule has 0 fully saturated rings. The van der Waals surface area contributed by atoms with E-state index in [4.69, 9.17) is 4.74 Å². The van der Waals surface area contributed by atoms with E-state index >= 15 is 0 Å². The fourth-order valence-electron chi connectivity index (χ4n) is 3.78. The Bertz CT molecular complexity index is 1400. The number of aryl methyl sites for hydroxylation is 1. The maximum atomic E-state index is 13.9. The largest absolute Gasteiger partial charge is 0.361 e. The number of hydrogen-bond acceptors (Lipinski definition) is 5. The van der Waals surface area contributed by atoms with E-state index in [-0.39, 0.29) is 23.9 Å². The Balaban J connectivity index is 1.78. The Morgan fingerprint density at radius 1 is 1.22 bits per heavy atom. The minimum absolute atomic E-state index is 0.0758. The van der Waals surface area contributed by atoms with Crippen LogP contribution >= 0.6 is 15.9 Å². The number of fused-ring (bicyclic) bond motifs is 1. The van der Waals surface area contributed by atoms with Gasteiger partial charge in [-0.15, -0.1) is 0 Å². The molecule has 0 aliphatic rings. The number of carbonyl (C=O) groups excluding carboxylic acids is 1. The second-order valence-electron chi connectivity index (χ2n) is 9.57. The number of nitrogens with zero attached hydrogens (tertiary/aromatic N) is 5. The number of nitrogens with one attached hydrogen (secondary N) is 1. The third-order valence-electron chi connectivity index (χ3n) is 5.71. The molecule has 1 aromatic carbocycles. The molecule has 4 rings (SSSR count). The predicted octanol–water partition coefficient (Wildman–Crippen LogP) is 6.10. The van der Waals surface area contributed by atoms with Gasteiger partial charge in [0.1, 0.15) is 18.9 Å². The summed E-state index contributed by atoms with van der Waals surface area (Å²) in [5, 5.41) is 7.35. The highest BCUT2D eigenvalue weighted by Gasteiger charge is 2.24. The number of ether oxygens (including phenoxy) is 1. The number of aromatic nitrogens is 5. The Labute approximate surface area is 216 Å². The summed E-state index contributed by atoms with van der Waals surface area (Å²) >= 11 is 3.62. The molecule has 0 saturated carbocycles. The molecule has 0 unspecified atom stereocenters. The van der Waals surface area contributed by atoms with Crippen LogP contribution in [0, 0.1) is 0 Å². The summed E-state index contributed by atoms with van der Waals surface area (Å²) in [6, 6.07) is 9.08. The number of alkyl halides is 2. The molecule has 0 radical (unpaired) electrons. The molecule has 0 saturated heterocycles. The van der Waals surface area contributed by atoms with Gasteiger partial charge in [-0.25, -0.2) is 23.4 Å². The van der Waals surface area contributed by atoms with Crippen molar-refractivity contribution in [2.75, 3.05) is 11.9 Å². The van der Waals surface area contributed by atoms with Gasteiger partial charge in [-0.05, 0) is 22.0 Å². The molecule has 3 heterocycles. The van der Waals surface area contributed by atoms with Crippen LogP contribution in [0.15, 0.2) is 47.3 Å². The number of pyridine rings is 1. The van der Waals surface area contributed by atoms with E-state index in [1.165, 1.54) is 17.1 Å². The molecule has 12 heteroatoms. The average Bonchev–Trinajstić information content (AvgIpc) is 3.36. The van der Waals surface area contributed by atoms with Crippen LogP contribution in [0.25, 0.3) is 22.2 Å². The summed E-state index contributed by atoms with van der Waals surface area (Å²) in [7, 11) is 0.299. The highest BCUT2D eigenvalue weighted by atomic mass is 79.9. The van der Waals surface area contributed by atoms with Crippen LogP contribution in [0.5, 0.6) is 0 Å². The van der Waals surface area contributed by atoms with Crippen molar-refractivity contribution >= 4 is 46.6 Å². The predicted molar refractivity (Wildman–Crippen MR) is 141 cm³/mol. The van der Waals surface area contributed by atoms with Crippen LogP contribution in [0.1, 0.15) is 22.6 Å². The molecule has 3 aromatic heterocycles. The molecule has 190 valence electrons. The van der Waals surface area contributed by atoms with Crippen molar-refractivity contribution < 1.29 is 18.3 Å². The zero-order valence-corrected chi connectivity index (χ0v) is 23.0. The molecular formula is C24H27BrF2N6O2Si. The lowest BCUT2D eigenvalue weighted by Gasteiger charge is -2.18. The zero-order chi connectivity index (χ0) is 26.0. The van der Waals surface area contributed by atoms with E-state index in [1.54, 1.807) is 37.5 Å². The van der Waals surface area contributed by atoms with E-state index in [1.807, 2.05) is 4.57 Å². The van der Waals surface area contributed by atoms with Crippen LogP contribution < -0.4 is 5.32 Å². The summed E-state index contributed by atoms with van der Waals surface area (Å²) in [5.74, 6) is -0.0408. The summed E-state index contributed by atoms with van der Waals surface area (Å²) < 4.78 is 37.7. The van der Waals surface area contributed by atoms with E-state index in [0.717, 1.165) is 6.04 Å². The van der Waals surface area contributed by atoms with Crippen LogP contribution in [-0.4, -0.2) is 44.9 Å². The normalized spacial score (nSPS) is 12.0. The number of rotatable bonds is 9. The summed E-state index contributed by atoms with van der Waals surface area (Å²) in [5.41, 5.74) is 1.56. The molecule has 0 aliphatic carbocycles. The van der Waals surface area contributed by atoms with Gasteiger partial charge in [0.25, 0.3) is 12.3 Å². The minimum Gasteiger partial charge on any atom is -0.361 e. The van der Waals surface area contributed by atoms with Gasteiger partial charge in [-0.2, -0.15) is 5.10 Å². The summed E-state index contributed by atoms with van der Waals surface area (Å²) in [6.07, 6.45) is 0.239. The maximum absolute atomic E-state index is 13.9. The highest BCUT2D eigenvalue weighted by molar-refractivity contribution is 9.10. The van der Waals surface area contributed by atoms with Gasteiger partial charge >= 0.3 is 0 Å². The quantitative estimate of drug-likeness (QED) is 0.192. The first-order valence-electron chi connectivity index (χ1n) is 11.3. The molecule has 0 bridgehead atoms. The second-order valence-corrected chi connectivity index (χ2v) is 16.0. The molecule has 0 spiro atoms. The van der Waals surface area contributed by atoms with Gasteiger partial charge in [0.15, 0.2) is 0 Å². The molecule has 0 atom stereocenters. The monoisotopic (exact) mass is 576 g/mol. The van der Waals surface area contributed by atoms with Crippen molar-refractivity contribution in [2.24, 2.45) is 7.05 Å². The van der Waals surface area contributed by atoms with E-state index in [0.29, 0.717) is 33.2 Å². The van der Waals surface area contributed by atoms with Gasteiger partial charge in [0.05, 0.1) is 15.7 Å². The molecule has 8 nitrogen and oxygen atoms in total. The Morgan fingerprint density at radius 2 is 1.97 bits per heavy atom. The molecule has 4 aromatic rings. The van der Waals surface area contributed by atoms with Gasteiger partial charge in [-0.3, -0.25) is 4.79 Å². The first-order chi connectivity index (χ1) is 17.1. The van der Waals surface area contributed by atoms with Crippen LogP contribution in [0.4, 0.5) is 14.6 Å². The van der Waals surface area contributed by atoms with Gasteiger partial charge in [-0.1, -0.05) is 43.9 Å². The van der Waals surface area contributed by atoms with E-state index in [9.17, 15) is 13.6 Å². The lowest BCUT2D eigenvalue weighted by atomic mass is 10.0. The first-order valence-corrected chi connectivity index (χ1v) is 15.8. The Kier molecular flexibility index (Phi) is 7.67. The van der Waals surface area contributed by atoms with Crippen molar-refractivity contribution in [3.05, 3.63) is 58.7 Å². The van der Waals surface area contributed by atoms with Gasteiger partial charge in [0, 0.05) is 50.5 Å². The third kappa shape index (κ3) is 5.55. The standard InChI is InChI=1S/C24H27BrF2N6O2Si/c1-32-23(29-13-30-32)24(34)31-19-11-18-17(12-28-19)20(25)21(15-7-5-6-8-16(15)22(26)27)33(18)14-35-9-10-36(2,3)4/h5-8,11-13,22H,9-10,14H2,1-4H3,(H,28,31,34). The Hall–Kier alpha value is -2.96. The number of hydrogen-bond donors (Lipinski definition) is 1. The Morgan fingerprint density at radius 3 is 2.64 bits per heavy atom. The smallest absolute Gasteiger partial charge is 0.294 e. The van der Waals surface area contributed by atoms with E-state index < -0.39 is 20.4 Å². The highest BCUT2D eigenvalue weighted by Crippen LogP contribution is 2.41. The average molecular weight is 578 g/mol. The zero-order valence-electron chi connectivity index (χ0n) is 20.4. The third-order valence-corrected chi connectivity index (χ3v) is 8.22. The number of benzene rings is 1. The van der Waals surface area contributed by atoms with Crippen LogP contribution in [0.2, 0.25) is 25.7 Å². The van der Waals surface area contributed by atoms with Crippen molar-refractivity contribution in [3.63, 3.8) is 0 Å². The SMILES string of the molecule is Cn1ncnc1C(=O)Nc1cc2c(cn1)c(Br)c(-c1ccccc1C(F)F)n2COCC[Si](C)(C)C. The van der Waals surface area contributed by atoms with Crippen molar-refractivity contribution in [1.29, 1.82) is 0 Å². The van der Waals surface area contributed by atoms with Gasteiger partial charge in [0.2, 0.25) is 5.82 Å². The van der Waals surface area contributed by atoms with Crippen molar-refractivity contribution in [1.82, 2.24) is 24.3 Å². The summed E-state index contributed by atoms with van der Waals surface area (Å²) in [6.45, 7) is 7.50. The molecule has 0 aliphatic heterocycles. The van der Waals surface area contributed by atoms with Crippen LogP contribution in [0.3, 0.4) is 0 Å². The van der Waals surface area contributed by atoms with Crippen molar-refractivity contribution in [3.8, 4) is 11.3 Å². The topological polar surface area (TPSA) is 86.9 Å². The maximum Gasteiger partial charge on any atom is 0.294 e. The fraction of sp³-hybridized carbons (Fsp3) is 0.333. The number of amides is 1. The number of anilines is 1. The van der Waals surface area contributed by atoms with Crippen LogP contribution in [-0.2, 0) is 18.5 Å². The molecule has 1 N–H and O–H groups in total. The summed E-state index contributed by atoms with van der Waals surface area (Å²) in [4.78, 5) is 21.0. The second kappa shape index (κ2) is 10.6. The van der Waals surface area contributed by atoms with Gasteiger partial charge < -0.3 is 14.6 Å². The molecule has 36 heavy (non-hydrogen) atoms. The lowest BCUT2D eigenvalue weighted by molar-refractivity contribution is 0.0911. The molecular weight excluding hydrogens is 550 g/mol. The first kappa shape index (κ1) is 26.1. The fourth-order valence-corrected chi connectivity index (χ4v) is 5.27. The molecule has 1 amide bonds. The van der Waals surface area contributed by atoms with E-state index in [2.05, 4.69) is 56.0 Å². The minimum atomic E-state index is -2.65. The lowest BCUT2D eigenvalue weighted by Crippen LogP contribution is -2.22. The number of halogens is 3.